The van der Waals surface area contributed by atoms with Crippen molar-refractivity contribution in [3.05, 3.63) is 41.8 Å². The lowest BCUT2D eigenvalue weighted by atomic mass is 10.3. The van der Waals surface area contributed by atoms with Gasteiger partial charge in [-0.15, -0.1) is 0 Å². The third-order valence-corrected chi connectivity index (χ3v) is 4.46. The number of nitrogens with zero attached hydrogens (tertiary/aromatic N) is 1. The van der Waals surface area contributed by atoms with Crippen LogP contribution in [0.15, 0.2) is 46.7 Å². The molecule has 0 aliphatic carbocycles. The highest BCUT2D eigenvalue weighted by molar-refractivity contribution is 7.94. The molecule has 2 atom stereocenters. The smallest absolute Gasteiger partial charge is 0.247 e. The Morgan fingerprint density at radius 3 is 2.25 bits per heavy atom. The molecule has 0 bridgehead atoms. The zero-order chi connectivity index (χ0) is 14.8. The highest BCUT2D eigenvalue weighted by Gasteiger charge is 2.31. The molecule has 0 spiro atoms. The van der Waals surface area contributed by atoms with Crippen molar-refractivity contribution in [2.24, 2.45) is 0 Å². The van der Waals surface area contributed by atoms with Crippen molar-refractivity contribution in [1.82, 2.24) is 4.90 Å². The van der Waals surface area contributed by atoms with Crippen LogP contribution >= 0.6 is 0 Å². The number of hydrogen-bond donors (Lipinski definition) is 2. The van der Waals surface area contributed by atoms with Gasteiger partial charge in [-0.3, -0.25) is 4.79 Å². The van der Waals surface area contributed by atoms with Gasteiger partial charge in [0.25, 0.3) is 0 Å². The summed E-state index contributed by atoms with van der Waals surface area (Å²) in [6.07, 6.45) is -1.04. The van der Waals surface area contributed by atoms with Gasteiger partial charge in [0.2, 0.25) is 5.91 Å². The second-order valence-corrected chi connectivity index (χ2v) is 6.37. The summed E-state index contributed by atoms with van der Waals surface area (Å²) in [6, 6.07) is 7.76. The fourth-order valence-electron chi connectivity index (χ4n) is 1.89. The predicted molar refractivity (Wildman–Crippen MR) is 71.4 cm³/mol. The van der Waals surface area contributed by atoms with Crippen LogP contribution in [-0.4, -0.2) is 54.7 Å². The standard InChI is InChI=1S/C13H15NO5S/c15-11-8-14(9-12(11)16)13(17)6-7-20(18,19)10-4-2-1-3-5-10/h1-7,11-12,15-16H,8-9H2/b7-6+. The summed E-state index contributed by atoms with van der Waals surface area (Å²) in [4.78, 5) is 13.1. The van der Waals surface area contributed by atoms with Crippen molar-refractivity contribution in [1.29, 1.82) is 0 Å². The maximum Gasteiger partial charge on any atom is 0.247 e. The maximum atomic E-state index is 11.9. The van der Waals surface area contributed by atoms with E-state index in [4.69, 9.17) is 0 Å². The molecule has 1 amide bonds. The Balaban J connectivity index is 2.08. The minimum absolute atomic E-state index is 0.00424. The third-order valence-electron chi connectivity index (χ3n) is 3.03. The van der Waals surface area contributed by atoms with Gasteiger partial charge in [-0.1, -0.05) is 18.2 Å². The van der Waals surface area contributed by atoms with E-state index < -0.39 is 28.0 Å². The molecule has 108 valence electrons. The largest absolute Gasteiger partial charge is 0.388 e. The summed E-state index contributed by atoms with van der Waals surface area (Å²) in [5, 5.41) is 19.5. The van der Waals surface area contributed by atoms with Gasteiger partial charge < -0.3 is 15.1 Å². The first-order valence-electron chi connectivity index (χ1n) is 6.03. The Hall–Kier alpha value is -1.70. The normalized spacial score (nSPS) is 23.4. The number of β-amino-alcohol motifs (C(OH)–C–C–N with tert-alkyl or cyclic N) is 2. The molecule has 1 aliphatic rings. The van der Waals surface area contributed by atoms with E-state index in [-0.39, 0.29) is 18.0 Å². The number of aliphatic hydroxyl groups excluding tert-OH is 2. The number of hydrogen-bond acceptors (Lipinski definition) is 5. The minimum Gasteiger partial charge on any atom is -0.388 e. The molecule has 7 heteroatoms. The molecule has 1 saturated heterocycles. The molecule has 1 aromatic carbocycles. The summed E-state index contributed by atoms with van der Waals surface area (Å²) < 4.78 is 23.8. The third kappa shape index (κ3) is 3.24. The van der Waals surface area contributed by atoms with Crippen molar-refractivity contribution in [2.75, 3.05) is 13.1 Å². The summed E-state index contributed by atoms with van der Waals surface area (Å²) >= 11 is 0. The molecule has 0 saturated carbocycles. The van der Waals surface area contributed by atoms with E-state index >= 15 is 0 Å². The number of amides is 1. The van der Waals surface area contributed by atoms with Crippen molar-refractivity contribution in [2.45, 2.75) is 17.1 Å². The van der Waals surface area contributed by atoms with Crippen LogP contribution in [0.2, 0.25) is 0 Å². The molecule has 1 aliphatic heterocycles. The second-order valence-electron chi connectivity index (χ2n) is 4.54. The van der Waals surface area contributed by atoms with Crippen LogP contribution in [0.1, 0.15) is 0 Å². The van der Waals surface area contributed by atoms with Gasteiger partial charge in [-0.25, -0.2) is 8.42 Å². The van der Waals surface area contributed by atoms with Crippen molar-refractivity contribution in [3.63, 3.8) is 0 Å². The zero-order valence-electron chi connectivity index (χ0n) is 10.6. The van der Waals surface area contributed by atoms with Crippen molar-refractivity contribution < 1.29 is 23.4 Å². The fraction of sp³-hybridized carbons (Fsp3) is 0.308. The van der Waals surface area contributed by atoms with E-state index in [1.807, 2.05) is 0 Å². The Bertz CT molecular complexity index is 601. The van der Waals surface area contributed by atoms with E-state index in [0.29, 0.717) is 0 Å². The van der Waals surface area contributed by atoms with Gasteiger partial charge in [0, 0.05) is 24.6 Å². The Morgan fingerprint density at radius 1 is 1.15 bits per heavy atom. The summed E-state index contributed by atoms with van der Waals surface area (Å²) in [7, 11) is -3.67. The molecule has 2 N–H and O–H groups in total. The molecule has 2 rings (SSSR count). The number of aliphatic hydroxyl groups is 2. The van der Waals surface area contributed by atoms with E-state index in [1.54, 1.807) is 18.2 Å². The first-order valence-corrected chi connectivity index (χ1v) is 7.58. The van der Waals surface area contributed by atoms with Gasteiger partial charge in [-0.05, 0) is 12.1 Å². The van der Waals surface area contributed by atoms with Crippen molar-refractivity contribution >= 4 is 15.7 Å². The SMILES string of the molecule is O=C(/C=C/S(=O)(=O)c1ccccc1)N1CC(O)C(O)C1. The predicted octanol–water partition coefficient (Wildman–Crippen LogP) is -0.462. The molecule has 1 aromatic rings. The first kappa shape index (κ1) is 14.7. The maximum absolute atomic E-state index is 11.9. The van der Waals surface area contributed by atoms with Crippen LogP contribution in [0.5, 0.6) is 0 Å². The first-order chi connectivity index (χ1) is 9.40. The van der Waals surface area contributed by atoms with E-state index in [9.17, 15) is 23.4 Å². The minimum atomic E-state index is -3.67. The fourth-order valence-corrected chi connectivity index (χ4v) is 2.88. The summed E-state index contributed by atoms with van der Waals surface area (Å²) in [5.74, 6) is -0.555. The van der Waals surface area contributed by atoms with Crippen LogP contribution < -0.4 is 0 Å². The van der Waals surface area contributed by atoms with E-state index in [2.05, 4.69) is 0 Å². The lowest BCUT2D eigenvalue weighted by Crippen LogP contribution is -2.28. The van der Waals surface area contributed by atoms with Crippen molar-refractivity contribution in [3.8, 4) is 0 Å². The number of sulfone groups is 1. The molecular formula is C13H15NO5S. The lowest BCUT2D eigenvalue weighted by Gasteiger charge is -2.11. The number of rotatable bonds is 3. The molecule has 1 fully saturated rings. The van der Waals surface area contributed by atoms with Crippen LogP contribution in [0.4, 0.5) is 0 Å². The Morgan fingerprint density at radius 2 is 1.70 bits per heavy atom. The van der Waals surface area contributed by atoms with Gasteiger partial charge in [0.05, 0.1) is 17.1 Å². The topological polar surface area (TPSA) is 94.9 Å². The second kappa shape index (κ2) is 5.74. The van der Waals surface area contributed by atoms with Gasteiger partial charge in [-0.2, -0.15) is 0 Å². The Kier molecular flexibility index (Phi) is 4.22. The van der Waals surface area contributed by atoms with E-state index in [1.165, 1.54) is 17.0 Å². The van der Waals surface area contributed by atoms with Crippen LogP contribution in [-0.2, 0) is 14.6 Å². The van der Waals surface area contributed by atoms with Gasteiger partial charge in [0.15, 0.2) is 9.84 Å². The quantitative estimate of drug-likeness (QED) is 0.736. The number of carbonyl (C=O) groups excluding carboxylic acids is 1. The molecule has 20 heavy (non-hydrogen) atoms. The van der Waals surface area contributed by atoms with Crippen LogP contribution in [0.25, 0.3) is 0 Å². The summed E-state index contributed by atoms with van der Waals surface area (Å²) in [5.41, 5.74) is 0. The number of likely N-dealkylation sites (tertiary alicyclic amines) is 1. The molecular weight excluding hydrogens is 282 g/mol. The van der Waals surface area contributed by atoms with E-state index in [0.717, 1.165) is 11.5 Å². The monoisotopic (exact) mass is 297 g/mol. The van der Waals surface area contributed by atoms with Gasteiger partial charge >= 0.3 is 0 Å². The average molecular weight is 297 g/mol. The number of benzene rings is 1. The molecule has 0 radical (unpaired) electrons. The zero-order valence-corrected chi connectivity index (χ0v) is 11.4. The average Bonchev–Trinajstić information content (AvgIpc) is 2.77. The summed E-state index contributed by atoms with van der Waals surface area (Å²) in [6.45, 7) is -0.00848. The lowest BCUT2D eigenvalue weighted by molar-refractivity contribution is -0.125. The molecule has 6 nitrogen and oxygen atoms in total. The van der Waals surface area contributed by atoms with Crippen LogP contribution in [0.3, 0.4) is 0 Å². The molecule has 2 unspecified atom stereocenters. The van der Waals surface area contributed by atoms with Gasteiger partial charge in [0.1, 0.15) is 0 Å². The number of carbonyl (C=O) groups is 1. The Labute approximate surface area is 116 Å². The molecule has 0 aromatic heterocycles. The highest BCUT2D eigenvalue weighted by atomic mass is 32.2. The molecule has 1 heterocycles. The van der Waals surface area contributed by atoms with Crippen LogP contribution in [0, 0.1) is 0 Å². The highest BCUT2D eigenvalue weighted by Crippen LogP contribution is 2.13.